The van der Waals surface area contributed by atoms with E-state index in [0.29, 0.717) is 17.1 Å². The lowest BCUT2D eigenvalue weighted by molar-refractivity contribution is -0.151. The Morgan fingerprint density at radius 1 is 0.970 bits per heavy atom. The van der Waals surface area contributed by atoms with Crippen molar-refractivity contribution in [1.29, 1.82) is 0 Å². The van der Waals surface area contributed by atoms with Gasteiger partial charge in [-0.25, -0.2) is 9.18 Å². The monoisotopic (exact) mass is 460 g/mol. The van der Waals surface area contributed by atoms with Crippen molar-refractivity contribution in [2.24, 2.45) is 5.92 Å². The second-order valence-corrected chi connectivity index (χ2v) is 7.68. The van der Waals surface area contributed by atoms with E-state index in [4.69, 9.17) is 14.2 Å². The molecule has 0 heterocycles. The lowest BCUT2D eigenvalue weighted by Crippen LogP contribution is -2.46. The minimum absolute atomic E-state index is 0.185. The zero-order chi connectivity index (χ0) is 24.5. The Hall–Kier alpha value is -3.62. The van der Waals surface area contributed by atoms with Crippen LogP contribution in [0.5, 0.6) is 11.5 Å². The van der Waals surface area contributed by atoms with E-state index in [1.807, 2.05) is 0 Å². The van der Waals surface area contributed by atoms with Crippen LogP contribution in [0.25, 0.3) is 0 Å². The highest BCUT2D eigenvalue weighted by Gasteiger charge is 2.28. The number of halogens is 1. The van der Waals surface area contributed by atoms with Gasteiger partial charge < -0.3 is 24.8 Å². The van der Waals surface area contributed by atoms with Crippen molar-refractivity contribution in [3.63, 3.8) is 0 Å². The summed E-state index contributed by atoms with van der Waals surface area (Å²) in [5.74, 6) is -1.96. The van der Waals surface area contributed by atoms with Crippen LogP contribution in [-0.2, 0) is 14.3 Å². The maximum Gasteiger partial charge on any atom is 0.329 e. The lowest BCUT2D eigenvalue weighted by Gasteiger charge is -2.21. The number of ether oxygens (including phenoxy) is 3. The van der Waals surface area contributed by atoms with E-state index in [-0.39, 0.29) is 11.5 Å². The van der Waals surface area contributed by atoms with Gasteiger partial charge in [0.1, 0.15) is 23.4 Å². The van der Waals surface area contributed by atoms with Gasteiger partial charge in [-0.2, -0.15) is 0 Å². The van der Waals surface area contributed by atoms with Crippen molar-refractivity contribution < 1.29 is 33.0 Å². The topological polar surface area (TPSA) is 103 Å². The SMILES string of the molecule is COc1ccc(OC)c(C(C)NC(=O)COC(=O)[C@@H](NC(=O)c2ccccc2F)C(C)C)c1. The molecule has 2 amide bonds. The molecule has 0 saturated carbocycles. The zero-order valence-electron chi connectivity index (χ0n) is 19.3. The molecule has 0 fully saturated rings. The Labute approximate surface area is 192 Å². The molecule has 33 heavy (non-hydrogen) atoms. The Morgan fingerprint density at radius 3 is 2.27 bits per heavy atom. The molecule has 2 aromatic carbocycles. The standard InChI is InChI=1S/C24H29FN2O6/c1-14(2)22(27-23(29)17-8-6-7-9-19(17)25)24(30)33-13-21(28)26-15(3)18-12-16(31-4)10-11-20(18)32-5/h6-12,14-15,22H,13H2,1-5H3,(H,26,28)(H,27,29)/t15?,22-/m0/s1. The number of amides is 2. The second kappa shape index (κ2) is 11.8. The Kier molecular flexibility index (Phi) is 9.20. The molecule has 2 N–H and O–H groups in total. The molecule has 0 aromatic heterocycles. The third-order valence-corrected chi connectivity index (χ3v) is 4.95. The van der Waals surface area contributed by atoms with Crippen LogP contribution in [0.1, 0.15) is 42.7 Å². The fourth-order valence-electron chi connectivity index (χ4n) is 3.13. The number of methoxy groups -OCH3 is 2. The quantitative estimate of drug-likeness (QED) is 0.529. The summed E-state index contributed by atoms with van der Waals surface area (Å²) in [5.41, 5.74) is 0.503. The average molecular weight is 461 g/mol. The van der Waals surface area contributed by atoms with Gasteiger partial charge in [-0.05, 0) is 43.2 Å². The molecule has 178 valence electrons. The zero-order valence-corrected chi connectivity index (χ0v) is 19.3. The molecule has 0 spiro atoms. The summed E-state index contributed by atoms with van der Waals surface area (Å²) in [6.45, 7) is 4.60. The van der Waals surface area contributed by atoms with Crippen molar-refractivity contribution >= 4 is 17.8 Å². The van der Waals surface area contributed by atoms with E-state index >= 15 is 0 Å². The summed E-state index contributed by atoms with van der Waals surface area (Å²) >= 11 is 0. The molecule has 0 aliphatic carbocycles. The molecule has 2 rings (SSSR count). The molecule has 1 unspecified atom stereocenters. The van der Waals surface area contributed by atoms with Gasteiger partial charge in [0, 0.05) is 5.56 Å². The minimum atomic E-state index is -1.05. The number of benzene rings is 2. The summed E-state index contributed by atoms with van der Waals surface area (Å²) in [4.78, 5) is 37.3. The minimum Gasteiger partial charge on any atom is -0.497 e. The van der Waals surface area contributed by atoms with Crippen molar-refractivity contribution in [2.75, 3.05) is 20.8 Å². The van der Waals surface area contributed by atoms with Crippen LogP contribution in [0.2, 0.25) is 0 Å². The number of rotatable bonds is 10. The maximum atomic E-state index is 13.9. The predicted molar refractivity (Wildman–Crippen MR) is 120 cm³/mol. The summed E-state index contributed by atoms with van der Waals surface area (Å²) in [7, 11) is 3.05. The van der Waals surface area contributed by atoms with E-state index < -0.39 is 42.3 Å². The van der Waals surface area contributed by atoms with Crippen LogP contribution in [0.15, 0.2) is 42.5 Å². The highest BCUT2D eigenvalue weighted by atomic mass is 19.1. The second-order valence-electron chi connectivity index (χ2n) is 7.68. The van der Waals surface area contributed by atoms with Gasteiger partial charge in [0.2, 0.25) is 0 Å². The maximum absolute atomic E-state index is 13.9. The predicted octanol–water partition coefficient (Wildman–Crippen LogP) is 3.02. The highest BCUT2D eigenvalue weighted by Crippen LogP contribution is 2.29. The fraction of sp³-hybridized carbons (Fsp3) is 0.375. The first kappa shape index (κ1) is 25.6. The number of hydrogen-bond acceptors (Lipinski definition) is 6. The summed E-state index contributed by atoms with van der Waals surface area (Å²) in [6, 6.07) is 9.13. The average Bonchev–Trinajstić information content (AvgIpc) is 2.80. The number of esters is 1. The van der Waals surface area contributed by atoms with Gasteiger partial charge in [-0.15, -0.1) is 0 Å². The first-order valence-corrected chi connectivity index (χ1v) is 10.4. The van der Waals surface area contributed by atoms with E-state index in [1.54, 1.807) is 39.0 Å². The fourth-order valence-corrected chi connectivity index (χ4v) is 3.13. The molecule has 0 saturated heterocycles. The number of carbonyl (C=O) groups is 3. The van der Waals surface area contributed by atoms with Gasteiger partial charge in [0.15, 0.2) is 6.61 Å². The summed E-state index contributed by atoms with van der Waals surface area (Å²) < 4.78 is 29.5. The third-order valence-electron chi connectivity index (χ3n) is 4.95. The first-order valence-electron chi connectivity index (χ1n) is 10.4. The molecular weight excluding hydrogens is 431 g/mol. The number of hydrogen-bond donors (Lipinski definition) is 2. The molecule has 0 aliphatic rings. The van der Waals surface area contributed by atoms with Crippen molar-refractivity contribution in [3.05, 3.63) is 59.4 Å². The van der Waals surface area contributed by atoms with Gasteiger partial charge in [-0.1, -0.05) is 26.0 Å². The summed E-state index contributed by atoms with van der Waals surface area (Å²) in [6.07, 6.45) is 0. The molecule has 2 atom stereocenters. The van der Waals surface area contributed by atoms with Gasteiger partial charge >= 0.3 is 5.97 Å². The third kappa shape index (κ3) is 6.93. The first-order chi connectivity index (χ1) is 15.7. The molecular formula is C24H29FN2O6. The van der Waals surface area contributed by atoms with Gasteiger partial charge in [0.05, 0.1) is 25.8 Å². The van der Waals surface area contributed by atoms with Crippen LogP contribution < -0.4 is 20.1 Å². The van der Waals surface area contributed by atoms with Crippen LogP contribution in [0, 0.1) is 11.7 Å². The number of nitrogens with one attached hydrogen (secondary N) is 2. The molecule has 0 aliphatic heterocycles. The molecule has 0 radical (unpaired) electrons. The van der Waals surface area contributed by atoms with Gasteiger partial charge in [-0.3, -0.25) is 9.59 Å². The highest BCUT2D eigenvalue weighted by molar-refractivity contribution is 5.97. The smallest absolute Gasteiger partial charge is 0.329 e. The van der Waals surface area contributed by atoms with E-state index in [0.717, 1.165) is 6.07 Å². The van der Waals surface area contributed by atoms with E-state index in [1.165, 1.54) is 32.4 Å². The molecule has 0 bridgehead atoms. The van der Waals surface area contributed by atoms with E-state index in [2.05, 4.69) is 10.6 Å². The largest absolute Gasteiger partial charge is 0.497 e. The summed E-state index contributed by atoms with van der Waals surface area (Å²) in [5, 5.41) is 5.21. The van der Waals surface area contributed by atoms with E-state index in [9.17, 15) is 18.8 Å². The Balaban J connectivity index is 1.98. The molecule has 8 nitrogen and oxygen atoms in total. The Morgan fingerprint density at radius 2 is 1.67 bits per heavy atom. The van der Waals surface area contributed by atoms with Gasteiger partial charge in [0.25, 0.3) is 11.8 Å². The van der Waals surface area contributed by atoms with Crippen LogP contribution in [0.3, 0.4) is 0 Å². The van der Waals surface area contributed by atoms with Crippen LogP contribution >= 0.6 is 0 Å². The normalized spacial score (nSPS) is 12.5. The van der Waals surface area contributed by atoms with Crippen molar-refractivity contribution in [2.45, 2.75) is 32.9 Å². The van der Waals surface area contributed by atoms with Crippen LogP contribution in [0.4, 0.5) is 4.39 Å². The Bertz CT molecular complexity index is 995. The van der Waals surface area contributed by atoms with Crippen molar-refractivity contribution in [1.82, 2.24) is 10.6 Å². The lowest BCUT2D eigenvalue weighted by atomic mass is 10.0. The molecule has 9 heteroatoms. The van der Waals surface area contributed by atoms with Crippen LogP contribution in [-0.4, -0.2) is 44.7 Å². The molecule has 2 aromatic rings. The number of carbonyl (C=O) groups excluding carboxylic acids is 3. The van der Waals surface area contributed by atoms with Crippen molar-refractivity contribution in [3.8, 4) is 11.5 Å².